The van der Waals surface area contributed by atoms with E-state index in [4.69, 9.17) is 0 Å². The fraction of sp³-hybridized carbons (Fsp3) is 0.462. The van der Waals surface area contributed by atoms with Crippen LogP contribution in [0.3, 0.4) is 0 Å². The molecule has 1 atom stereocenters. The van der Waals surface area contributed by atoms with Gasteiger partial charge in [-0.05, 0) is 26.3 Å². The van der Waals surface area contributed by atoms with Crippen LogP contribution in [0.2, 0.25) is 0 Å². The van der Waals surface area contributed by atoms with Gasteiger partial charge in [0.25, 0.3) is 5.69 Å². The van der Waals surface area contributed by atoms with Crippen LogP contribution in [0, 0.1) is 17.0 Å². The molecule has 1 amide bonds. The Morgan fingerprint density at radius 3 is 2.74 bits per heavy atom. The quantitative estimate of drug-likeness (QED) is 0.605. The number of hydrogen-bond acceptors (Lipinski definition) is 4. The average Bonchev–Trinajstić information content (AvgIpc) is 2.36. The summed E-state index contributed by atoms with van der Waals surface area (Å²) in [5, 5.41) is 16.6. The summed E-state index contributed by atoms with van der Waals surface area (Å²) in [6.45, 7) is 6.20. The molecule has 0 aliphatic carbocycles. The molecule has 0 saturated carbocycles. The van der Waals surface area contributed by atoms with E-state index in [0.29, 0.717) is 12.1 Å². The van der Waals surface area contributed by atoms with Crippen molar-refractivity contribution in [2.75, 3.05) is 13.1 Å². The minimum atomic E-state index is -0.394. The van der Waals surface area contributed by atoms with Crippen molar-refractivity contribution in [2.24, 2.45) is 0 Å². The summed E-state index contributed by atoms with van der Waals surface area (Å²) in [6, 6.07) is 4.97. The molecule has 1 aromatic carbocycles. The van der Waals surface area contributed by atoms with Crippen molar-refractivity contribution in [2.45, 2.75) is 26.8 Å². The Bertz CT molecular complexity index is 474. The smallest absolute Gasteiger partial charge is 0.272 e. The third kappa shape index (κ3) is 4.33. The third-order valence-corrected chi connectivity index (χ3v) is 2.87. The number of carbonyl (C=O) groups is 1. The summed E-state index contributed by atoms with van der Waals surface area (Å²) >= 11 is 0. The van der Waals surface area contributed by atoms with E-state index >= 15 is 0 Å². The molecule has 0 bridgehead atoms. The monoisotopic (exact) mass is 265 g/mol. The van der Waals surface area contributed by atoms with E-state index in [1.54, 1.807) is 19.1 Å². The van der Waals surface area contributed by atoms with Crippen LogP contribution in [0.15, 0.2) is 18.2 Å². The number of amides is 1. The van der Waals surface area contributed by atoms with Gasteiger partial charge in [0.2, 0.25) is 5.91 Å². The molecule has 0 saturated heterocycles. The molecule has 1 rings (SSSR count). The van der Waals surface area contributed by atoms with Crippen molar-refractivity contribution in [1.82, 2.24) is 10.6 Å². The lowest BCUT2D eigenvalue weighted by atomic mass is 10.0. The highest BCUT2D eigenvalue weighted by molar-refractivity contribution is 5.77. The number of nitrogens with one attached hydrogen (secondary N) is 2. The number of nitro groups is 1. The highest BCUT2D eigenvalue weighted by Gasteiger charge is 2.14. The Hall–Kier alpha value is -1.95. The van der Waals surface area contributed by atoms with Crippen molar-refractivity contribution >= 4 is 11.6 Å². The molecule has 0 aromatic heterocycles. The molecule has 0 fully saturated rings. The van der Waals surface area contributed by atoms with E-state index < -0.39 is 4.92 Å². The molecule has 2 N–H and O–H groups in total. The zero-order valence-electron chi connectivity index (χ0n) is 11.4. The van der Waals surface area contributed by atoms with Gasteiger partial charge in [-0.25, -0.2) is 0 Å². The van der Waals surface area contributed by atoms with Gasteiger partial charge in [-0.1, -0.05) is 12.1 Å². The van der Waals surface area contributed by atoms with E-state index in [9.17, 15) is 14.9 Å². The van der Waals surface area contributed by atoms with E-state index in [1.165, 1.54) is 0 Å². The molecular formula is C13H19N3O3. The largest absolute Gasteiger partial charge is 0.355 e. The molecule has 6 heteroatoms. The molecule has 0 aliphatic rings. The first-order chi connectivity index (χ1) is 8.95. The Morgan fingerprint density at radius 1 is 1.47 bits per heavy atom. The average molecular weight is 265 g/mol. The van der Waals surface area contributed by atoms with Crippen LogP contribution in [0.25, 0.3) is 0 Å². The van der Waals surface area contributed by atoms with Crippen LogP contribution >= 0.6 is 0 Å². The number of benzene rings is 1. The van der Waals surface area contributed by atoms with Crippen molar-refractivity contribution in [3.8, 4) is 0 Å². The Morgan fingerprint density at radius 2 is 2.16 bits per heavy atom. The molecule has 0 heterocycles. The maximum Gasteiger partial charge on any atom is 0.272 e. The predicted molar refractivity (Wildman–Crippen MR) is 72.9 cm³/mol. The van der Waals surface area contributed by atoms with Gasteiger partial charge >= 0.3 is 0 Å². The van der Waals surface area contributed by atoms with E-state index in [2.05, 4.69) is 10.6 Å². The number of nitrogens with zero attached hydrogens (tertiary/aromatic N) is 1. The van der Waals surface area contributed by atoms with Crippen molar-refractivity contribution in [3.63, 3.8) is 0 Å². The second-order valence-corrected chi connectivity index (χ2v) is 4.36. The number of rotatable bonds is 6. The Kier molecular flexibility index (Phi) is 5.44. The van der Waals surface area contributed by atoms with Gasteiger partial charge in [-0.2, -0.15) is 0 Å². The van der Waals surface area contributed by atoms with Gasteiger partial charge in [0.15, 0.2) is 0 Å². The van der Waals surface area contributed by atoms with Crippen LogP contribution in [0.1, 0.15) is 31.0 Å². The van der Waals surface area contributed by atoms with Crippen molar-refractivity contribution < 1.29 is 9.72 Å². The lowest BCUT2D eigenvalue weighted by Gasteiger charge is -2.14. The second kappa shape index (κ2) is 6.84. The lowest BCUT2D eigenvalue weighted by Crippen LogP contribution is -2.34. The van der Waals surface area contributed by atoms with Gasteiger partial charge in [0.1, 0.15) is 0 Å². The SMILES string of the molecule is CCNC(=O)CNC(C)c1ccc(C)c([N+](=O)[O-])c1. The second-order valence-electron chi connectivity index (χ2n) is 4.36. The topological polar surface area (TPSA) is 84.3 Å². The first-order valence-corrected chi connectivity index (χ1v) is 6.20. The molecular weight excluding hydrogens is 246 g/mol. The van der Waals surface area contributed by atoms with E-state index in [0.717, 1.165) is 5.56 Å². The van der Waals surface area contributed by atoms with Crippen LogP contribution in [0.4, 0.5) is 5.69 Å². The zero-order chi connectivity index (χ0) is 14.4. The highest BCUT2D eigenvalue weighted by atomic mass is 16.6. The van der Waals surface area contributed by atoms with Gasteiger partial charge < -0.3 is 10.6 Å². The standard InChI is InChI=1S/C13H19N3O3/c1-4-14-13(17)8-15-10(3)11-6-5-9(2)12(7-11)16(18)19/h5-7,10,15H,4,8H2,1-3H3,(H,14,17). The summed E-state index contributed by atoms with van der Waals surface area (Å²) < 4.78 is 0. The molecule has 104 valence electrons. The van der Waals surface area contributed by atoms with Gasteiger partial charge in [0.05, 0.1) is 11.5 Å². The molecule has 0 radical (unpaired) electrons. The molecule has 19 heavy (non-hydrogen) atoms. The van der Waals surface area contributed by atoms with Crippen LogP contribution in [-0.2, 0) is 4.79 Å². The Labute approximate surface area is 112 Å². The number of carbonyl (C=O) groups excluding carboxylic acids is 1. The summed E-state index contributed by atoms with van der Waals surface area (Å²) in [4.78, 5) is 21.8. The van der Waals surface area contributed by atoms with Crippen molar-refractivity contribution in [3.05, 3.63) is 39.4 Å². The molecule has 0 aliphatic heterocycles. The molecule has 6 nitrogen and oxygen atoms in total. The zero-order valence-corrected chi connectivity index (χ0v) is 11.4. The fourth-order valence-electron chi connectivity index (χ4n) is 1.72. The minimum absolute atomic E-state index is 0.0871. The number of likely N-dealkylation sites (N-methyl/N-ethyl adjacent to an activating group) is 1. The number of aryl methyl sites for hydroxylation is 1. The molecule has 1 aromatic rings. The minimum Gasteiger partial charge on any atom is -0.355 e. The van der Waals surface area contributed by atoms with Crippen LogP contribution in [0.5, 0.6) is 0 Å². The van der Waals surface area contributed by atoms with Crippen LogP contribution in [-0.4, -0.2) is 23.9 Å². The highest BCUT2D eigenvalue weighted by Crippen LogP contribution is 2.22. The van der Waals surface area contributed by atoms with Gasteiger partial charge in [-0.15, -0.1) is 0 Å². The maximum absolute atomic E-state index is 11.3. The Balaban J connectivity index is 2.72. The van der Waals surface area contributed by atoms with E-state index in [1.807, 2.05) is 19.9 Å². The molecule has 0 spiro atoms. The van der Waals surface area contributed by atoms with Crippen LogP contribution < -0.4 is 10.6 Å². The lowest BCUT2D eigenvalue weighted by molar-refractivity contribution is -0.385. The maximum atomic E-state index is 11.3. The first-order valence-electron chi connectivity index (χ1n) is 6.20. The summed E-state index contributed by atoms with van der Waals surface area (Å²) in [7, 11) is 0. The van der Waals surface area contributed by atoms with E-state index in [-0.39, 0.29) is 24.2 Å². The summed E-state index contributed by atoms with van der Waals surface area (Å²) in [6.07, 6.45) is 0. The third-order valence-electron chi connectivity index (χ3n) is 2.87. The van der Waals surface area contributed by atoms with Gasteiger partial charge in [0, 0.05) is 24.2 Å². The summed E-state index contributed by atoms with van der Waals surface area (Å²) in [5.74, 6) is -0.0871. The number of nitro benzene ring substituents is 1. The normalized spacial score (nSPS) is 11.9. The fourth-order valence-corrected chi connectivity index (χ4v) is 1.72. The van der Waals surface area contributed by atoms with Crippen molar-refractivity contribution in [1.29, 1.82) is 0 Å². The predicted octanol–water partition coefficient (Wildman–Crippen LogP) is 1.69. The van der Waals surface area contributed by atoms with Gasteiger partial charge in [-0.3, -0.25) is 14.9 Å². The molecule has 1 unspecified atom stereocenters. The first kappa shape index (κ1) is 15.1. The number of hydrogen-bond donors (Lipinski definition) is 2. The summed E-state index contributed by atoms with van der Waals surface area (Å²) in [5.41, 5.74) is 1.52.